The van der Waals surface area contributed by atoms with E-state index in [0.29, 0.717) is 5.39 Å². The van der Waals surface area contributed by atoms with Crippen molar-refractivity contribution in [3.63, 3.8) is 0 Å². The number of nitrogens with zero attached hydrogens (tertiary/aromatic N) is 2. The molecule has 0 saturated heterocycles. The fourth-order valence-corrected chi connectivity index (χ4v) is 1.96. The Morgan fingerprint density at radius 2 is 2.22 bits per heavy atom. The van der Waals surface area contributed by atoms with E-state index in [9.17, 15) is 4.39 Å². The molecule has 88 valence electrons. The van der Waals surface area contributed by atoms with Crippen molar-refractivity contribution in [2.45, 2.75) is 0 Å². The molecule has 2 aromatic heterocycles. The average Bonchev–Trinajstić information content (AvgIpc) is 2.84. The smallest absolute Gasteiger partial charge is 0.132 e. The molecule has 3 nitrogen and oxygen atoms in total. The molecule has 0 saturated carbocycles. The number of hydrogen-bond acceptors (Lipinski definition) is 2. The van der Waals surface area contributed by atoms with Crippen molar-refractivity contribution in [2.75, 3.05) is 0 Å². The lowest BCUT2D eigenvalue weighted by Crippen LogP contribution is -1.89. The summed E-state index contributed by atoms with van der Waals surface area (Å²) in [4.78, 5) is 11.3. The summed E-state index contributed by atoms with van der Waals surface area (Å²) >= 11 is 0. The zero-order valence-electron chi connectivity index (χ0n) is 9.52. The summed E-state index contributed by atoms with van der Waals surface area (Å²) in [5.74, 6) is -0.246. The normalized spacial score (nSPS) is 10.7. The maximum absolute atomic E-state index is 13.6. The first-order chi connectivity index (χ1) is 8.79. The first kappa shape index (κ1) is 10.7. The van der Waals surface area contributed by atoms with E-state index in [-0.39, 0.29) is 5.82 Å². The van der Waals surface area contributed by atoms with Crippen LogP contribution in [0.1, 0.15) is 5.56 Å². The van der Waals surface area contributed by atoms with Crippen molar-refractivity contribution in [1.82, 2.24) is 15.0 Å². The summed E-state index contributed by atoms with van der Waals surface area (Å²) in [7, 11) is 0. The van der Waals surface area contributed by atoms with E-state index >= 15 is 0 Å². The van der Waals surface area contributed by atoms with Gasteiger partial charge >= 0.3 is 0 Å². The lowest BCUT2D eigenvalue weighted by molar-refractivity contribution is 0.640. The summed E-state index contributed by atoms with van der Waals surface area (Å²) in [6.45, 7) is 3.72. The van der Waals surface area contributed by atoms with Crippen LogP contribution in [0.4, 0.5) is 4.39 Å². The van der Waals surface area contributed by atoms with Crippen LogP contribution < -0.4 is 0 Å². The minimum absolute atomic E-state index is 0.246. The molecule has 4 heteroatoms. The maximum Gasteiger partial charge on any atom is 0.132 e. The van der Waals surface area contributed by atoms with E-state index in [1.165, 1.54) is 12.4 Å². The molecule has 0 spiro atoms. The zero-order valence-corrected chi connectivity index (χ0v) is 9.52. The Bertz CT molecular complexity index is 731. The van der Waals surface area contributed by atoms with Crippen LogP contribution in [0.15, 0.2) is 43.4 Å². The highest BCUT2D eigenvalue weighted by Crippen LogP contribution is 2.26. The first-order valence-corrected chi connectivity index (χ1v) is 5.49. The van der Waals surface area contributed by atoms with Crippen LogP contribution in [0.2, 0.25) is 0 Å². The van der Waals surface area contributed by atoms with Crippen molar-refractivity contribution >= 4 is 17.0 Å². The highest BCUT2D eigenvalue weighted by molar-refractivity contribution is 5.87. The van der Waals surface area contributed by atoms with Crippen molar-refractivity contribution in [2.24, 2.45) is 0 Å². The van der Waals surface area contributed by atoms with Gasteiger partial charge in [-0.1, -0.05) is 18.7 Å². The highest BCUT2D eigenvalue weighted by Gasteiger charge is 2.10. The second-order valence-corrected chi connectivity index (χ2v) is 3.91. The van der Waals surface area contributed by atoms with Gasteiger partial charge in [-0.2, -0.15) is 0 Å². The Hall–Kier alpha value is -2.49. The molecular formula is C14H10FN3. The van der Waals surface area contributed by atoms with Crippen molar-refractivity contribution in [3.8, 4) is 11.4 Å². The Kier molecular flexibility index (Phi) is 2.41. The Labute approximate surface area is 103 Å². The molecule has 0 fully saturated rings. The van der Waals surface area contributed by atoms with E-state index in [1.54, 1.807) is 24.4 Å². The average molecular weight is 239 g/mol. The summed E-state index contributed by atoms with van der Waals surface area (Å²) in [6.07, 6.45) is 4.82. The van der Waals surface area contributed by atoms with Crippen LogP contribution in [-0.4, -0.2) is 15.0 Å². The molecule has 0 amide bonds. The molecule has 1 N–H and O–H groups in total. The minimum atomic E-state index is -0.246. The maximum atomic E-state index is 13.6. The number of aromatic amines is 1. The molecule has 3 rings (SSSR count). The lowest BCUT2D eigenvalue weighted by atomic mass is 10.1. The van der Waals surface area contributed by atoms with Gasteiger partial charge in [0.25, 0.3) is 0 Å². The van der Waals surface area contributed by atoms with Gasteiger partial charge in [-0.25, -0.2) is 14.4 Å². The Morgan fingerprint density at radius 1 is 1.33 bits per heavy atom. The predicted molar refractivity (Wildman–Crippen MR) is 69.4 cm³/mol. The third-order valence-corrected chi connectivity index (χ3v) is 2.83. The fourth-order valence-electron chi connectivity index (χ4n) is 1.96. The number of fused-ring (bicyclic) bond motifs is 1. The zero-order chi connectivity index (χ0) is 12.5. The third-order valence-electron chi connectivity index (χ3n) is 2.83. The standard InChI is InChI=1S/C14H10FN3/c1-2-9-7-16-8-17-14(9)13-6-10-11(15)4-3-5-12(10)18-13/h2-8,18H,1H2. The predicted octanol–water partition coefficient (Wildman–Crippen LogP) is 3.41. The number of aromatic nitrogens is 3. The molecule has 0 aliphatic heterocycles. The second kappa shape index (κ2) is 4.07. The molecule has 0 aliphatic carbocycles. The van der Waals surface area contributed by atoms with Crippen LogP contribution in [0, 0.1) is 5.82 Å². The topological polar surface area (TPSA) is 41.6 Å². The van der Waals surface area contributed by atoms with Crippen LogP contribution in [0.5, 0.6) is 0 Å². The van der Waals surface area contributed by atoms with E-state index in [2.05, 4.69) is 21.5 Å². The number of benzene rings is 1. The van der Waals surface area contributed by atoms with Gasteiger partial charge in [0.05, 0.1) is 11.4 Å². The lowest BCUT2D eigenvalue weighted by Gasteiger charge is -2.00. The molecule has 0 aliphatic rings. The number of H-pyrrole nitrogens is 1. The summed E-state index contributed by atoms with van der Waals surface area (Å²) < 4.78 is 13.6. The van der Waals surface area contributed by atoms with Gasteiger partial charge in [0, 0.05) is 22.7 Å². The van der Waals surface area contributed by atoms with Gasteiger partial charge in [-0.3, -0.25) is 0 Å². The van der Waals surface area contributed by atoms with Gasteiger partial charge in [-0.05, 0) is 18.2 Å². The third kappa shape index (κ3) is 1.59. The first-order valence-electron chi connectivity index (χ1n) is 5.49. The highest BCUT2D eigenvalue weighted by atomic mass is 19.1. The monoisotopic (exact) mass is 239 g/mol. The molecule has 0 radical (unpaired) electrons. The molecule has 1 aromatic carbocycles. The van der Waals surface area contributed by atoms with Crippen molar-refractivity contribution in [3.05, 3.63) is 54.7 Å². The van der Waals surface area contributed by atoms with Crippen molar-refractivity contribution < 1.29 is 4.39 Å². The van der Waals surface area contributed by atoms with Gasteiger partial charge in [0.2, 0.25) is 0 Å². The van der Waals surface area contributed by atoms with Crippen LogP contribution in [-0.2, 0) is 0 Å². The molecule has 3 aromatic rings. The van der Waals surface area contributed by atoms with Gasteiger partial charge in [-0.15, -0.1) is 0 Å². The molecule has 0 atom stereocenters. The number of nitrogens with one attached hydrogen (secondary N) is 1. The number of rotatable bonds is 2. The molecule has 18 heavy (non-hydrogen) atoms. The largest absolute Gasteiger partial charge is 0.353 e. The van der Waals surface area contributed by atoms with Crippen molar-refractivity contribution in [1.29, 1.82) is 0 Å². The SMILES string of the molecule is C=Cc1cncnc1-c1cc2c(F)cccc2[nH]1. The molecule has 0 unspecified atom stereocenters. The van der Waals surface area contributed by atoms with Gasteiger partial charge in [0.15, 0.2) is 0 Å². The summed E-state index contributed by atoms with van der Waals surface area (Å²) in [5.41, 5.74) is 3.03. The van der Waals surface area contributed by atoms with Gasteiger partial charge in [0.1, 0.15) is 12.1 Å². The summed E-state index contributed by atoms with van der Waals surface area (Å²) in [5, 5.41) is 0.557. The molecular weight excluding hydrogens is 229 g/mol. The Morgan fingerprint density at radius 3 is 3.00 bits per heavy atom. The second-order valence-electron chi connectivity index (χ2n) is 3.91. The van der Waals surface area contributed by atoms with Crippen LogP contribution in [0.25, 0.3) is 28.4 Å². The molecule has 2 heterocycles. The van der Waals surface area contributed by atoms with E-state index < -0.39 is 0 Å². The quantitative estimate of drug-likeness (QED) is 0.744. The van der Waals surface area contributed by atoms with Crippen LogP contribution >= 0.6 is 0 Å². The van der Waals surface area contributed by atoms with Gasteiger partial charge < -0.3 is 4.98 Å². The van der Waals surface area contributed by atoms with E-state index in [4.69, 9.17) is 0 Å². The van der Waals surface area contributed by atoms with E-state index in [0.717, 1.165) is 22.5 Å². The van der Waals surface area contributed by atoms with E-state index in [1.807, 2.05) is 6.07 Å². The summed E-state index contributed by atoms with van der Waals surface area (Å²) in [6, 6.07) is 6.69. The Balaban J connectivity index is 2.26. The number of halogens is 1. The molecule has 0 bridgehead atoms. The minimum Gasteiger partial charge on any atom is -0.353 e. The fraction of sp³-hybridized carbons (Fsp3) is 0. The van der Waals surface area contributed by atoms with Crippen LogP contribution in [0.3, 0.4) is 0 Å². The number of hydrogen-bond donors (Lipinski definition) is 1.